The molecule has 0 saturated carbocycles. The third-order valence-corrected chi connectivity index (χ3v) is 1.80. The van der Waals surface area contributed by atoms with Crippen LogP contribution in [-0.2, 0) is 4.79 Å². The Hall–Kier alpha value is -1.83. The fourth-order valence-electron chi connectivity index (χ4n) is 1.07. The van der Waals surface area contributed by atoms with Crippen LogP contribution in [0.15, 0.2) is 48.2 Å². The first-order valence-electron chi connectivity index (χ1n) is 4.32. The number of rotatable bonds is 3. The number of carbonyl (C=O) groups excluding carboxylic acids is 1. The molecule has 0 atom stereocenters. The lowest BCUT2D eigenvalue weighted by Crippen LogP contribution is -1.93. The number of hydrogen-bond donors (Lipinski definition) is 1. The minimum atomic E-state index is -0.184. The van der Waals surface area contributed by atoms with E-state index in [-0.39, 0.29) is 5.78 Å². The molecule has 1 aromatic carbocycles. The van der Waals surface area contributed by atoms with Crippen molar-refractivity contribution in [3.8, 4) is 0 Å². The Morgan fingerprint density at radius 1 is 1.29 bits per heavy atom. The molecular formula is C12H12O2. The summed E-state index contributed by atoms with van der Waals surface area (Å²) in [7, 11) is 0. The van der Waals surface area contributed by atoms with E-state index in [9.17, 15) is 4.79 Å². The Balaban J connectivity index is 2.84. The van der Waals surface area contributed by atoms with E-state index >= 15 is 0 Å². The quantitative estimate of drug-likeness (QED) is 0.585. The number of ketones is 1. The summed E-state index contributed by atoms with van der Waals surface area (Å²) in [5.74, 6) is -0.184. The minimum absolute atomic E-state index is 0.184. The van der Waals surface area contributed by atoms with Crippen molar-refractivity contribution in [2.45, 2.75) is 6.92 Å². The summed E-state index contributed by atoms with van der Waals surface area (Å²) in [4.78, 5) is 11.2. The minimum Gasteiger partial charge on any atom is -0.515 e. The zero-order valence-corrected chi connectivity index (χ0v) is 7.97. The molecule has 1 aromatic rings. The summed E-state index contributed by atoms with van der Waals surface area (Å²) in [6.45, 7) is 1.72. The average molecular weight is 188 g/mol. The van der Waals surface area contributed by atoms with Crippen molar-refractivity contribution in [3.05, 3.63) is 53.8 Å². The van der Waals surface area contributed by atoms with Gasteiger partial charge in [-0.25, -0.2) is 0 Å². The van der Waals surface area contributed by atoms with E-state index in [0.29, 0.717) is 5.57 Å². The third-order valence-electron chi connectivity index (χ3n) is 1.80. The average Bonchev–Trinajstić information content (AvgIpc) is 2.19. The zero-order chi connectivity index (χ0) is 10.4. The molecule has 0 spiro atoms. The van der Waals surface area contributed by atoms with Gasteiger partial charge in [0.1, 0.15) is 0 Å². The lowest BCUT2D eigenvalue weighted by atomic mass is 10.1. The number of aliphatic hydroxyl groups excluding tert-OH is 1. The van der Waals surface area contributed by atoms with E-state index in [4.69, 9.17) is 5.11 Å². The molecule has 14 heavy (non-hydrogen) atoms. The highest BCUT2D eigenvalue weighted by Crippen LogP contribution is 2.06. The maximum atomic E-state index is 11.2. The Morgan fingerprint density at radius 3 is 2.50 bits per heavy atom. The predicted molar refractivity (Wildman–Crippen MR) is 56.9 cm³/mol. The van der Waals surface area contributed by atoms with E-state index in [2.05, 4.69) is 0 Å². The Bertz CT molecular complexity index is 361. The first-order chi connectivity index (χ1) is 6.74. The monoisotopic (exact) mass is 188 g/mol. The standard InChI is InChI=1S/C12H12O2/c1-10(12(14)7-8-13)9-11-5-3-2-4-6-11/h2-9,13H,1H3/b8-7+,10-9+. The van der Waals surface area contributed by atoms with E-state index in [1.54, 1.807) is 13.0 Å². The van der Waals surface area contributed by atoms with Crippen LogP contribution in [0.2, 0.25) is 0 Å². The van der Waals surface area contributed by atoms with Crippen LogP contribution in [-0.4, -0.2) is 10.9 Å². The van der Waals surface area contributed by atoms with Crippen molar-refractivity contribution in [3.63, 3.8) is 0 Å². The van der Waals surface area contributed by atoms with Gasteiger partial charge in [0.2, 0.25) is 0 Å². The summed E-state index contributed by atoms with van der Waals surface area (Å²) >= 11 is 0. The summed E-state index contributed by atoms with van der Waals surface area (Å²) in [5.41, 5.74) is 1.58. The molecule has 0 saturated heterocycles. The van der Waals surface area contributed by atoms with Gasteiger partial charge in [0.25, 0.3) is 0 Å². The molecule has 0 bridgehead atoms. The molecule has 0 fully saturated rings. The van der Waals surface area contributed by atoms with E-state index in [1.165, 1.54) is 0 Å². The van der Waals surface area contributed by atoms with Crippen LogP contribution in [0.5, 0.6) is 0 Å². The molecule has 0 heterocycles. The Morgan fingerprint density at radius 2 is 1.93 bits per heavy atom. The van der Waals surface area contributed by atoms with Crippen LogP contribution >= 0.6 is 0 Å². The molecule has 72 valence electrons. The third kappa shape index (κ3) is 2.90. The highest BCUT2D eigenvalue weighted by molar-refractivity contribution is 6.06. The molecular weight excluding hydrogens is 176 g/mol. The number of carbonyl (C=O) groups is 1. The second-order valence-electron chi connectivity index (χ2n) is 2.92. The zero-order valence-electron chi connectivity index (χ0n) is 7.97. The van der Waals surface area contributed by atoms with Crippen molar-refractivity contribution in [2.24, 2.45) is 0 Å². The first-order valence-corrected chi connectivity index (χ1v) is 4.32. The van der Waals surface area contributed by atoms with Gasteiger partial charge >= 0.3 is 0 Å². The predicted octanol–water partition coefficient (Wildman–Crippen LogP) is 2.73. The maximum Gasteiger partial charge on any atom is 0.184 e. The topological polar surface area (TPSA) is 37.3 Å². The highest BCUT2D eigenvalue weighted by Gasteiger charge is 1.98. The van der Waals surface area contributed by atoms with Crippen LogP contribution in [0, 0.1) is 0 Å². The Kier molecular flexibility index (Phi) is 3.68. The van der Waals surface area contributed by atoms with Crippen molar-refractivity contribution in [1.29, 1.82) is 0 Å². The molecule has 1 rings (SSSR count). The normalized spacial score (nSPS) is 11.9. The molecule has 0 aliphatic carbocycles. The SMILES string of the molecule is C/C(=C\c1ccccc1)C(=O)/C=C/O. The van der Waals surface area contributed by atoms with Crippen molar-refractivity contribution in [1.82, 2.24) is 0 Å². The second kappa shape index (κ2) is 5.02. The number of aliphatic hydroxyl groups is 1. The number of hydrogen-bond acceptors (Lipinski definition) is 2. The van der Waals surface area contributed by atoms with E-state index < -0.39 is 0 Å². The van der Waals surface area contributed by atoms with Gasteiger partial charge in [0.05, 0.1) is 6.26 Å². The molecule has 0 radical (unpaired) electrons. The van der Waals surface area contributed by atoms with Gasteiger partial charge in [0.15, 0.2) is 5.78 Å². The van der Waals surface area contributed by atoms with Crippen LogP contribution in [0.3, 0.4) is 0 Å². The molecule has 2 heteroatoms. The first kappa shape index (κ1) is 10.3. The lowest BCUT2D eigenvalue weighted by molar-refractivity contribution is -0.111. The van der Waals surface area contributed by atoms with Gasteiger partial charge in [-0.1, -0.05) is 30.3 Å². The molecule has 2 nitrogen and oxygen atoms in total. The molecule has 1 N–H and O–H groups in total. The number of benzene rings is 1. The molecule has 0 aromatic heterocycles. The van der Waals surface area contributed by atoms with Crippen LogP contribution < -0.4 is 0 Å². The van der Waals surface area contributed by atoms with E-state index in [0.717, 1.165) is 17.9 Å². The highest BCUT2D eigenvalue weighted by atomic mass is 16.2. The van der Waals surface area contributed by atoms with Crippen LogP contribution in [0.25, 0.3) is 6.08 Å². The fourth-order valence-corrected chi connectivity index (χ4v) is 1.07. The second-order valence-corrected chi connectivity index (χ2v) is 2.92. The summed E-state index contributed by atoms with van der Waals surface area (Å²) < 4.78 is 0. The molecule has 0 amide bonds. The molecule has 0 aliphatic heterocycles. The fraction of sp³-hybridized carbons (Fsp3) is 0.0833. The maximum absolute atomic E-state index is 11.2. The van der Waals surface area contributed by atoms with Gasteiger partial charge in [-0.15, -0.1) is 0 Å². The van der Waals surface area contributed by atoms with Crippen molar-refractivity contribution >= 4 is 11.9 Å². The molecule has 0 aliphatic rings. The van der Waals surface area contributed by atoms with Crippen molar-refractivity contribution in [2.75, 3.05) is 0 Å². The lowest BCUT2D eigenvalue weighted by Gasteiger charge is -1.95. The van der Waals surface area contributed by atoms with Gasteiger partial charge < -0.3 is 5.11 Å². The summed E-state index contributed by atoms with van der Waals surface area (Å²) in [6.07, 6.45) is 3.67. The largest absolute Gasteiger partial charge is 0.515 e. The smallest absolute Gasteiger partial charge is 0.184 e. The van der Waals surface area contributed by atoms with Crippen molar-refractivity contribution < 1.29 is 9.90 Å². The summed E-state index contributed by atoms with van der Waals surface area (Å²) in [5, 5.41) is 8.42. The van der Waals surface area contributed by atoms with Gasteiger partial charge in [0, 0.05) is 6.08 Å². The number of allylic oxidation sites excluding steroid dienone is 2. The molecule has 0 unspecified atom stereocenters. The van der Waals surface area contributed by atoms with Gasteiger partial charge in [-0.05, 0) is 24.1 Å². The van der Waals surface area contributed by atoms with Gasteiger partial charge in [-0.2, -0.15) is 0 Å². The van der Waals surface area contributed by atoms with Crippen LogP contribution in [0.1, 0.15) is 12.5 Å². The Labute approximate surface area is 83.2 Å². The van der Waals surface area contributed by atoms with Crippen LogP contribution in [0.4, 0.5) is 0 Å². The van der Waals surface area contributed by atoms with Gasteiger partial charge in [-0.3, -0.25) is 4.79 Å². The summed E-state index contributed by atoms with van der Waals surface area (Å²) in [6, 6.07) is 9.57. The van der Waals surface area contributed by atoms with E-state index in [1.807, 2.05) is 30.3 Å².